The van der Waals surface area contributed by atoms with Gasteiger partial charge in [-0.15, -0.1) is 0 Å². The number of rotatable bonds is 5. The maximum Gasteiger partial charge on any atom is 0.106 e. The predicted octanol–water partition coefficient (Wildman–Crippen LogP) is 0.514. The molecule has 6 nitrogen and oxygen atoms in total. The van der Waals surface area contributed by atoms with Gasteiger partial charge in [-0.25, -0.2) is 0 Å². The van der Waals surface area contributed by atoms with Crippen molar-refractivity contribution in [1.29, 1.82) is 0 Å². The van der Waals surface area contributed by atoms with Gasteiger partial charge >= 0.3 is 0 Å². The minimum Gasteiger partial charge on any atom is -0.387 e. The summed E-state index contributed by atoms with van der Waals surface area (Å²) in [5.41, 5.74) is 11.8. The fourth-order valence-electron chi connectivity index (χ4n) is 2.02. The zero-order chi connectivity index (χ0) is 15.2. The van der Waals surface area contributed by atoms with Crippen molar-refractivity contribution in [2.75, 3.05) is 26.8 Å². The van der Waals surface area contributed by atoms with E-state index in [4.69, 9.17) is 16.2 Å². The standard InChI is InChI=1S/C14H29N5O/c1-10(13(17-4)18-9-14(2,3)16)12(15)19-11-5-7-20-8-6-11/h10-11H,5-9,16H2,1-4H3,(H2,15,19)(H,17,18). The van der Waals surface area contributed by atoms with Crippen LogP contribution in [0.4, 0.5) is 0 Å². The van der Waals surface area contributed by atoms with Gasteiger partial charge < -0.3 is 21.5 Å². The van der Waals surface area contributed by atoms with Crippen molar-refractivity contribution in [2.24, 2.45) is 27.4 Å². The zero-order valence-corrected chi connectivity index (χ0v) is 13.1. The maximum absolute atomic E-state index is 6.12. The number of nitrogens with zero attached hydrogens (tertiary/aromatic N) is 2. The van der Waals surface area contributed by atoms with E-state index < -0.39 is 0 Å². The van der Waals surface area contributed by atoms with Crippen LogP contribution in [0.2, 0.25) is 0 Å². The fraction of sp³-hybridized carbons (Fsp3) is 0.857. The third kappa shape index (κ3) is 5.88. The topological polar surface area (TPSA) is 98.0 Å². The summed E-state index contributed by atoms with van der Waals surface area (Å²) in [6.07, 6.45) is 1.88. The highest BCUT2D eigenvalue weighted by molar-refractivity contribution is 6.04. The van der Waals surface area contributed by atoms with Crippen LogP contribution in [0.25, 0.3) is 0 Å². The van der Waals surface area contributed by atoms with Gasteiger partial charge in [0.15, 0.2) is 0 Å². The number of amidine groups is 2. The van der Waals surface area contributed by atoms with Gasteiger partial charge in [-0.2, -0.15) is 0 Å². The molecular weight excluding hydrogens is 254 g/mol. The second kappa shape index (κ2) is 7.59. The smallest absolute Gasteiger partial charge is 0.106 e. The van der Waals surface area contributed by atoms with Gasteiger partial charge in [0.25, 0.3) is 0 Å². The molecule has 1 heterocycles. The van der Waals surface area contributed by atoms with Gasteiger partial charge in [-0.3, -0.25) is 9.98 Å². The summed E-state index contributed by atoms with van der Waals surface area (Å²) in [5.74, 6) is 1.43. The summed E-state index contributed by atoms with van der Waals surface area (Å²) in [6, 6.07) is 0.273. The van der Waals surface area contributed by atoms with Gasteiger partial charge in [-0.1, -0.05) is 0 Å². The number of hydrogen-bond acceptors (Lipinski definition) is 4. The Morgan fingerprint density at radius 1 is 1.40 bits per heavy atom. The molecule has 0 aliphatic carbocycles. The molecule has 116 valence electrons. The molecular formula is C14H29N5O. The SMILES string of the molecule is CN=C(NCC(C)(C)N)C(C)C(N)=NC1CCOCC1. The van der Waals surface area contributed by atoms with E-state index in [-0.39, 0.29) is 17.5 Å². The Labute approximate surface area is 122 Å². The summed E-state index contributed by atoms with van der Waals surface area (Å²) in [7, 11) is 1.75. The number of hydrogen-bond donors (Lipinski definition) is 3. The van der Waals surface area contributed by atoms with Crippen molar-refractivity contribution >= 4 is 11.7 Å². The quantitative estimate of drug-likeness (QED) is 0.506. The van der Waals surface area contributed by atoms with Crippen LogP contribution in [0.5, 0.6) is 0 Å². The highest BCUT2D eigenvalue weighted by Gasteiger charge is 2.19. The molecule has 1 rings (SSSR count). The largest absolute Gasteiger partial charge is 0.387 e. The van der Waals surface area contributed by atoms with Gasteiger partial charge in [0.1, 0.15) is 11.7 Å². The molecule has 1 aliphatic heterocycles. The summed E-state index contributed by atoms with van der Waals surface area (Å²) in [5, 5.41) is 3.27. The normalized spacial score (nSPS) is 20.9. The van der Waals surface area contributed by atoms with E-state index in [0.717, 1.165) is 31.9 Å². The van der Waals surface area contributed by atoms with E-state index >= 15 is 0 Å². The van der Waals surface area contributed by atoms with E-state index in [0.29, 0.717) is 12.4 Å². The van der Waals surface area contributed by atoms with Crippen molar-refractivity contribution in [1.82, 2.24) is 5.32 Å². The van der Waals surface area contributed by atoms with Crippen LogP contribution in [0.1, 0.15) is 33.6 Å². The first kappa shape index (κ1) is 16.9. The first-order valence-corrected chi connectivity index (χ1v) is 7.24. The van der Waals surface area contributed by atoms with Gasteiger partial charge in [0, 0.05) is 32.3 Å². The lowest BCUT2D eigenvalue weighted by Gasteiger charge is -2.24. The van der Waals surface area contributed by atoms with E-state index in [1.807, 2.05) is 20.8 Å². The van der Waals surface area contributed by atoms with Crippen molar-refractivity contribution in [3.8, 4) is 0 Å². The van der Waals surface area contributed by atoms with Gasteiger partial charge in [0.05, 0.1) is 12.0 Å². The van der Waals surface area contributed by atoms with Crippen LogP contribution in [-0.4, -0.2) is 50.1 Å². The van der Waals surface area contributed by atoms with Crippen LogP contribution in [0, 0.1) is 5.92 Å². The molecule has 0 saturated carbocycles. The van der Waals surface area contributed by atoms with Crippen molar-refractivity contribution in [3.05, 3.63) is 0 Å². The van der Waals surface area contributed by atoms with E-state index in [1.165, 1.54) is 0 Å². The molecule has 1 fully saturated rings. The highest BCUT2D eigenvalue weighted by Crippen LogP contribution is 2.12. The monoisotopic (exact) mass is 283 g/mol. The summed E-state index contributed by atoms with van der Waals surface area (Å²) < 4.78 is 5.33. The molecule has 0 aromatic heterocycles. The Kier molecular flexibility index (Phi) is 6.42. The van der Waals surface area contributed by atoms with Crippen molar-refractivity contribution < 1.29 is 4.74 Å². The lowest BCUT2D eigenvalue weighted by atomic mass is 10.1. The van der Waals surface area contributed by atoms with Crippen LogP contribution in [-0.2, 0) is 4.74 Å². The Bertz CT molecular complexity index is 353. The molecule has 0 amide bonds. The van der Waals surface area contributed by atoms with Crippen LogP contribution >= 0.6 is 0 Å². The van der Waals surface area contributed by atoms with Gasteiger partial charge in [0.2, 0.25) is 0 Å². The average Bonchev–Trinajstić information content (AvgIpc) is 2.39. The second-order valence-corrected chi connectivity index (χ2v) is 6.07. The fourth-order valence-corrected chi connectivity index (χ4v) is 2.02. The van der Waals surface area contributed by atoms with E-state index in [1.54, 1.807) is 7.05 Å². The predicted molar refractivity (Wildman–Crippen MR) is 84.3 cm³/mol. The minimum absolute atomic E-state index is 0.0230. The molecule has 1 aliphatic rings. The Morgan fingerprint density at radius 3 is 2.50 bits per heavy atom. The number of nitrogens with two attached hydrogens (primary N) is 2. The molecule has 0 aromatic rings. The van der Waals surface area contributed by atoms with Crippen LogP contribution < -0.4 is 16.8 Å². The molecule has 0 aromatic carbocycles. The van der Waals surface area contributed by atoms with E-state index in [9.17, 15) is 0 Å². The molecule has 6 heteroatoms. The maximum atomic E-state index is 6.12. The highest BCUT2D eigenvalue weighted by atomic mass is 16.5. The molecule has 0 radical (unpaired) electrons. The lowest BCUT2D eigenvalue weighted by Crippen LogP contribution is -2.48. The summed E-state index contributed by atoms with van der Waals surface area (Å²) >= 11 is 0. The molecule has 0 spiro atoms. The third-order valence-electron chi connectivity index (χ3n) is 3.34. The number of nitrogens with one attached hydrogen (secondary N) is 1. The Morgan fingerprint density at radius 2 is 2.00 bits per heavy atom. The number of ether oxygens (including phenoxy) is 1. The summed E-state index contributed by atoms with van der Waals surface area (Å²) in [4.78, 5) is 8.88. The lowest BCUT2D eigenvalue weighted by molar-refractivity contribution is 0.0870. The van der Waals surface area contributed by atoms with Crippen molar-refractivity contribution in [2.45, 2.75) is 45.2 Å². The Hall–Kier alpha value is -1.14. The molecule has 1 saturated heterocycles. The van der Waals surface area contributed by atoms with Crippen LogP contribution in [0.15, 0.2) is 9.98 Å². The van der Waals surface area contributed by atoms with Crippen molar-refractivity contribution in [3.63, 3.8) is 0 Å². The van der Waals surface area contributed by atoms with E-state index in [2.05, 4.69) is 15.3 Å². The first-order chi connectivity index (χ1) is 9.33. The molecule has 1 unspecified atom stereocenters. The van der Waals surface area contributed by atoms with Crippen LogP contribution in [0.3, 0.4) is 0 Å². The minimum atomic E-state index is -0.289. The first-order valence-electron chi connectivity index (χ1n) is 7.24. The Balaban J connectivity index is 2.60. The molecule has 0 bridgehead atoms. The third-order valence-corrected chi connectivity index (χ3v) is 3.34. The summed E-state index contributed by atoms with van der Waals surface area (Å²) in [6.45, 7) is 8.13. The second-order valence-electron chi connectivity index (χ2n) is 6.07. The molecule has 1 atom stereocenters. The zero-order valence-electron chi connectivity index (χ0n) is 13.1. The molecule has 20 heavy (non-hydrogen) atoms. The average molecular weight is 283 g/mol. The van der Waals surface area contributed by atoms with Gasteiger partial charge in [-0.05, 0) is 33.6 Å². The molecule has 5 N–H and O–H groups in total. The number of aliphatic imine (C=N–C) groups is 2.